The van der Waals surface area contributed by atoms with Gasteiger partial charge in [0.2, 0.25) is 0 Å². The molecular weight excluding hydrogens is 486 g/mol. The van der Waals surface area contributed by atoms with Gasteiger partial charge in [-0.25, -0.2) is 27.5 Å². The second-order valence-electron chi connectivity index (χ2n) is 9.39. The smallest absolute Gasteiger partial charge is 0.255 e. The van der Waals surface area contributed by atoms with Crippen molar-refractivity contribution in [2.24, 2.45) is 0 Å². The molecule has 10 heteroatoms. The van der Waals surface area contributed by atoms with Gasteiger partial charge in [-0.3, -0.25) is 4.90 Å². The molecule has 2 aromatic carbocycles. The van der Waals surface area contributed by atoms with Crippen molar-refractivity contribution >= 4 is 11.6 Å². The van der Waals surface area contributed by atoms with Crippen LogP contribution in [0.2, 0.25) is 0 Å². The first-order valence-corrected chi connectivity index (χ1v) is 12.5. The van der Waals surface area contributed by atoms with Crippen LogP contribution in [-0.4, -0.2) is 53.6 Å². The van der Waals surface area contributed by atoms with Gasteiger partial charge in [0, 0.05) is 58.1 Å². The zero-order valence-corrected chi connectivity index (χ0v) is 20.3. The lowest BCUT2D eigenvalue weighted by atomic mass is 10.1. The van der Waals surface area contributed by atoms with Crippen molar-refractivity contribution in [3.8, 4) is 5.75 Å². The highest BCUT2D eigenvalue weighted by Gasteiger charge is 2.28. The number of benzene rings is 2. The monoisotopic (exact) mass is 515 g/mol. The molecule has 1 saturated heterocycles. The second kappa shape index (κ2) is 11.3. The van der Waals surface area contributed by atoms with Crippen molar-refractivity contribution in [3.63, 3.8) is 0 Å². The van der Waals surface area contributed by atoms with Crippen molar-refractivity contribution in [3.05, 3.63) is 77.1 Å². The largest absolute Gasteiger partial charge is 0.487 e. The average molecular weight is 516 g/mol. The number of rotatable bonds is 8. The molecule has 37 heavy (non-hydrogen) atoms. The highest BCUT2D eigenvalue weighted by atomic mass is 19.3. The number of nitrogens with one attached hydrogen (secondary N) is 1. The van der Waals surface area contributed by atoms with Crippen LogP contribution in [0, 0.1) is 11.6 Å². The molecule has 2 aliphatic heterocycles. The molecule has 0 amide bonds. The van der Waals surface area contributed by atoms with Crippen molar-refractivity contribution in [1.29, 1.82) is 0 Å². The van der Waals surface area contributed by atoms with Gasteiger partial charge in [-0.05, 0) is 17.7 Å². The van der Waals surface area contributed by atoms with E-state index < -0.39 is 24.6 Å². The first-order valence-electron chi connectivity index (χ1n) is 12.5. The van der Waals surface area contributed by atoms with Crippen LogP contribution >= 0.6 is 0 Å². The van der Waals surface area contributed by atoms with Gasteiger partial charge < -0.3 is 15.0 Å². The van der Waals surface area contributed by atoms with Crippen LogP contribution in [0.25, 0.3) is 0 Å². The summed E-state index contributed by atoms with van der Waals surface area (Å²) in [7, 11) is 0. The van der Waals surface area contributed by atoms with E-state index in [2.05, 4.69) is 22.3 Å². The highest BCUT2D eigenvalue weighted by molar-refractivity contribution is 5.62. The average Bonchev–Trinajstić information content (AvgIpc) is 2.89. The van der Waals surface area contributed by atoms with E-state index in [4.69, 9.17) is 14.7 Å². The van der Waals surface area contributed by atoms with E-state index in [1.54, 1.807) is 0 Å². The Bertz CT molecular complexity index is 1200. The standard InChI is InChI=1S/C27H29F4N5O/c28-19-6-7-24(21(29)14-19)37-20-8-12-36(13-9-20)27-26(32-15-25(30)31)33-23-17-35(11-10-22(23)34-27)16-18-4-2-1-3-5-18/h1-7,14,20,25H,8-13,15-17H2,(H,32,33). The van der Waals surface area contributed by atoms with Gasteiger partial charge in [0.1, 0.15) is 11.9 Å². The second-order valence-corrected chi connectivity index (χ2v) is 9.39. The van der Waals surface area contributed by atoms with Gasteiger partial charge >= 0.3 is 0 Å². The zero-order chi connectivity index (χ0) is 25.8. The molecule has 0 spiro atoms. The summed E-state index contributed by atoms with van der Waals surface area (Å²) in [6.45, 7) is 2.79. The predicted molar refractivity (Wildman–Crippen MR) is 133 cm³/mol. The number of ether oxygens (including phenoxy) is 1. The molecule has 0 unspecified atom stereocenters. The molecule has 1 aromatic heterocycles. The Kier molecular flexibility index (Phi) is 7.73. The predicted octanol–water partition coefficient (Wildman–Crippen LogP) is 5.04. The van der Waals surface area contributed by atoms with E-state index in [-0.39, 0.29) is 11.9 Å². The minimum Gasteiger partial charge on any atom is -0.487 e. The fourth-order valence-corrected chi connectivity index (χ4v) is 4.80. The Morgan fingerprint density at radius 2 is 1.76 bits per heavy atom. The van der Waals surface area contributed by atoms with Crippen LogP contribution in [0.4, 0.5) is 29.2 Å². The number of fused-ring (bicyclic) bond motifs is 1. The third kappa shape index (κ3) is 6.30. The van der Waals surface area contributed by atoms with Gasteiger partial charge in [0.25, 0.3) is 6.43 Å². The normalized spacial score (nSPS) is 16.6. The highest BCUT2D eigenvalue weighted by Crippen LogP contribution is 2.30. The number of piperidine rings is 1. The molecule has 0 atom stereocenters. The Morgan fingerprint density at radius 3 is 2.49 bits per heavy atom. The Hall–Kier alpha value is -3.40. The number of halogens is 4. The van der Waals surface area contributed by atoms with Crippen LogP contribution < -0.4 is 15.0 Å². The van der Waals surface area contributed by atoms with Gasteiger partial charge in [0.05, 0.1) is 17.9 Å². The maximum absolute atomic E-state index is 14.0. The van der Waals surface area contributed by atoms with Gasteiger partial charge in [-0.15, -0.1) is 0 Å². The number of hydrogen-bond donors (Lipinski definition) is 1. The quantitative estimate of drug-likeness (QED) is 0.425. The van der Waals surface area contributed by atoms with E-state index in [0.29, 0.717) is 44.1 Å². The van der Waals surface area contributed by atoms with E-state index in [1.165, 1.54) is 11.6 Å². The number of alkyl halides is 2. The Morgan fingerprint density at radius 1 is 0.973 bits per heavy atom. The minimum absolute atomic E-state index is 0.0211. The maximum Gasteiger partial charge on any atom is 0.255 e. The van der Waals surface area contributed by atoms with Gasteiger partial charge in [0.15, 0.2) is 23.2 Å². The topological polar surface area (TPSA) is 53.5 Å². The molecule has 0 bridgehead atoms. The molecule has 196 valence electrons. The lowest BCUT2D eigenvalue weighted by Gasteiger charge is -2.35. The summed E-state index contributed by atoms with van der Waals surface area (Å²) in [5.41, 5.74) is 2.89. The van der Waals surface area contributed by atoms with Crippen LogP contribution in [-0.2, 0) is 19.5 Å². The molecule has 1 N–H and O–H groups in total. The Labute approximate surface area is 213 Å². The fraction of sp³-hybridized carbons (Fsp3) is 0.407. The first kappa shape index (κ1) is 25.3. The summed E-state index contributed by atoms with van der Waals surface area (Å²) in [6, 6.07) is 13.4. The van der Waals surface area contributed by atoms with Crippen LogP contribution in [0.5, 0.6) is 5.75 Å². The molecular formula is C27H29F4N5O. The minimum atomic E-state index is -2.52. The van der Waals surface area contributed by atoms with E-state index >= 15 is 0 Å². The van der Waals surface area contributed by atoms with Crippen molar-refractivity contribution in [2.75, 3.05) is 36.4 Å². The fourth-order valence-electron chi connectivity index (χ4n) is 4.80. The summed E-state index contributed by atoms with van der Waals surface area (Å²) in [5, 5.41) is 2.79. The van der Waals surface area contributed by atoms with Crippen molar-refractivity contribution in [1.82, 2.24) is 14.9 Å². The number of anilines is 2. The van der Waals surface area contributed by atoms with Gasteiger partial charge in [-0.2, -0.15) is 0 Å². The summed E-state index contributed by atoms with van der Waals surface area (Å²) in [5.74, 6) is -0.458. The van der Waals surface area contributed by atoms with Crippen LogP contribution in [0.3, 0.4) is 0 Å². The molecule has 0 aliphatic carbocycles. The zero-order valence-electron chi connectivity index (χ0n) is 20.3. The van der Waals surface area contributed by atoms with E-state index in [1.807, 2.05) is 23.1 Å². The summed E-state index contributed by atoms with van der Waals surface area (Å²) in [4.78, 5) is 13.9. The number of aromatic nitrogens is 2. The Balaban J connectivity index is 1.29. The summed E-state index contributed by atoms with van der Waals surface area (Å²) < 4.78 is 59.0. The molecule has 5 rings (SSSR count). The molecule has 2 aliphatic rings. The van der Waals surface area contributed by atoms with Crippen LogP contribution in [0.15, 0.2) is 48.5 Å². The van der Waals surface area contributed by atoms with Gasteiger partial charge in [-0.1, -0.05) is 30.3 Å². The van der Waals surface area contributed by atoms with Crippen molar-refractivity contribution < 1.29 is 22.3 Å². The lowest BCUT2D eigenvalue weighted by Crippen LogP contribution is -2.40. The molecule has 0 radical (unpaired) electrons. The molecule has 0 saturated carbocycles. The van der Waals surface area contributed by atoms with Crippen molar-refractivity contribution in [2.45, 2.75) is 44.9 Å². The number of hydrogen-bond acceptors (Lipinski definition) is 6. The first-order chi connectivity index (χ1) is 17.9. The molecule has 3 heterocycles. The SMILES string of the molecule is Fc1ccc(OC2CCN(c3nc4c(nc3NCC(F)F)CN(Cc3ccccc3)CC4)CC2)c(F)c1. The third-order valence-corrected chi connectivity index (χ3v) is 6.67. The summed E-state index contributed by atoms with van der Waals surface area (Å²) in [6.07, 6.45) is -0.889. The molecule has 6 nitrogen and oxygen atoms in total. The van der Waals surface area contributed by atoms with Crippen LogP contribution in [0.1, 0.15) is 29.8 Å². The molecule has 1 fully saturated rings. The summed E-state index contributed by atoms with van der Waals surface area (Å²) >= 11 is 0. The third-order valence-electron chi connectivity index (χ3n) is 6.67. The van der Waals surface area contributed by atoms with E-state index in [0.717, 1.165) is 43.0 Å². The molecule has 3 aromatic rings. The van der Waals surface area contributed by atoms with E-state index in [9.17, 15) is 17.6 Å². The lowest BCUT2D eigenvalue weighted by molar-refractivity contribution is 0.162. The maximum atomic E-state index is 14.0. The number of nitrogens with zero attached hydrogens (tertiary/aromatic N) is 4.